The highest BCUT2D eigenvalue weighted by Crippen LogP contribution is 2.32. The molecule has 3 aromatic rings. The van der Waals surface area contributed by atoms with Crippen molar-refractivity contribution in [3.05, 3.63) is 75.5 Å². The van der Waals surface area contributed by atoms with Gasteiger partial charge in [-0.25, -0.2) is 9.49 Å². The van der Waals surface area contributed by atoms with Gasteiger partial charge in [0, 0.05) is 31.4 Å². The number of amides is 1. The monoisotopic (exact) mass is 434 g/mol. The third kappa shape index (κ3) is 3.81. The van der Waals surface area contributed by atoms with Gasteiger partial charge >= 0.3 is 0 Å². The number of nitrogens with one attached hydrogen (secondary N) is 1. The number of piperidine rings is 1. The third-order valence-electron chi connectivity index (χ3n) is 7.03. The fourth-order valence-electron chi connectivity index (χ4n) is 5.21. The molecule has 0 aliphatic carbocycles. The number of H-pyrrole nitrogens is 1. The van der Waals surface area contributed by atoms with Gasteiger partial charge in [-0.15, -0.1) is 0 Å². The molecule has 32 heavy (non-hydrogen) atoms. The van der Waals surface area contributed by atoms with Crippen molar-refractivity contribution in [1.29, 1.82) is 0 Å². The molecule has 0 radical (unpaired) electrons. The van der Waals surface area contributed by atoms with Crippen LogP contribution in [-0.4, -0.2) is 58.6 Å². The number of carbonyl (C=O) groups excluding carboxylic acids is 1. The minimum atomic E-state index is -0.497. The first kappa shape index (κ1) is 20.8. The Morgan fingerprint density at radius 1 is 1.12 bits per heavy atom. The highest BCUT2D eigenvalue weighted by molar-refractivity contribution is 5.95. The molecule has 2 atom stereocenters. The molecule has 2 saturated heterocycles. The molecule has 166 valence electrons. The Labute approximate surface area is 186 Å². The standard InChI is InChI=1S/C25H27FN4O2/c1-2-29-10-9-17-14-30(15-18(17)13-29)25(32)21-11-16(7-8-22(21)26)12-23-19-5-3-4-6-20(19)24(31)28-27-23/h3-8,11,17-18H,2,9-10,12-15H2,1H3,(H,28,31). The normalized spacial score (nSPS) is 21.1. The zero-order chi connectivity index (χ0) is 22.2. The van der Waals surface area contributed by atoms with Crippen molar-refractivity contribution in [2.75, 3.05) is 32.7 Å². The molecule has 1 N–H and O–H groups in total. The van der Waals surface area contributed by atoms with Crippen LogP contribution in [0.1, 0.15) is 35.0 Å². The van der Waals surface area contributed by atoms with Crippen molar-refractivity contribution in [3.63, 3.8) is 0 Å². The Hall–Kier alpha value is -3.06. The molecule has 2 unspecified atom stereocenters. The number of nitrogens with zero attached hydrogens (tertiary/aromatic N) is 3. The van der Waals surface area contributed by atoms with E-state index in [4.69, 9.17) is 0 Å². The predicted octanol–water partition coefficient (Wildman–Crippen LogP) is 3.07. The molecular weight excluding hydrogens is 407 g/mol. The van der Waals surface area contributed by atoms with Crippen molar-refractivity contribution in [1.82, 2.24) is 20.0 Å². The Morgan fingerprint density at radius 2 is 1.91 bits per heavy atom. The Balaban J connectivity index is 1.39. The number of aromatic amines is 1. The maximum absolute atomic E-state index is 14.7. The van der Waals surface area contributed by atoms with Crippen LogP contribution in [0.25, 0.3) is 10.8 Å². The molecule has 2 aliphatic rings. The van der Waals surface area contributed by atoms with E-state index in [9.17, 15) is 14.0 Å². The first-order chi connectivity index (χ1) is 15.5. The Morgan fingerprint density at radius 3 is 2.72 bits per heavy atom. The summed E-state index contributed by atoms with van der Waals surface area (Å²) in [7, 11) is 0. The van der Waals surface area contributed by atoms with Gasteiger partial charge in [-0.1, -0.05) is 31.2 Å². The van der Waals surface area contributed by atoms with Crippen LogP contribution in [0.5, 0.6) is 0 Å². The van der Waals surface area contributed by atoms with Gasteiger partial charge < -0.3 is 9.80 Å². The summed E-state index contributed by atoms with van der Waals surface area (Å²) in [5, 5.41) is 8.07. The first-order valence-electron chi connectivity index (χ1n) is 11.3. The van der Waals surface area contributed by atoms with Crippen LogP contribution in [0, 0.1) is 17.7 Å². The lowest BCUT2D eigenvalue weighted by Gasteiger charge is -2.33. The number of rotatable bonds is 4. The molecule has 1 amide bonds. The Bertz CT molecular complexity index is 1220. The summed E-state index contributed by atoms with van der Waals surface area (Å²) in [6.45, 7) is 6.68. The van der Waals surface area contributed by atoms with E-state index >= 15 is 0 Å². The quantitative estimate of drug-likeness (QED) is 0.685. The predicted molar refractivity (Wildman–Crippen MR) is 121 cm³/mol. The van der Waals surface area contributed by atoms with E-state index in [-0.39, 0.29) is 17.0 Å². The number of fused-ring (bicyclic) bond motifs is 2. The number of likely N-dealkylation sites (tertiary alicyclic amines) is 2. The van der Waals surface area contributed by atoms with Gasteiger partial charge in [-0.3, -0.25) is 9.59 Å². The minimum absolute atomic E-state index is 0.113. The molecule has 0 saturated carbocycles. The molecule has 7 heteroatoms. The van der Waals surface area contributed by atoms with Gasteiger partial charge in [-0.05, 0) is 55.1 Å². The van der Waals surface area contributed by atoms with E-state index in [1.54, 1.807) is 18.2 Å². The lowest BCUT2D eigenvalue weighted by Crippen LogP contribution is -2.39. The Kier molecular flexibility index (Phi) is 5.51. The maximum Gasteiger partial charge on any atom is 0.272 e. The first-order valence-corrected chi connectivity index (χ1v) is 11.3. The fraction of sp³-hybridized carbons (Fsp3) is 0.400. The number of halogens is 1. The minimum Gasteiger partial charge on any atom is -0.338 e. The van der Waals surface area contributed by atoms with Gasteiger partial charge in [0.1, 0.15) is 5.82 Å². The smallest absolute Gasteiger partial charge is 0.272 e. The summed E-state index contributed by atoms with van der Waals surface area (Å²) < 4.78 is 14.7. The molecule has 3 heterocycles. The average Bonchev–Trinajstić information content (AvgIpc) is 3.25. The van der Waals surface area contributed by atoms with Gasteiger partial charge in [0.05, 0.1) is 16.6 Å². The lowest BCUT2D eigenvalue weighted by molar-refractivity contribution is 0.0779. The van der Waals surface area contributed by atoms with Crippen molar-refractivity contribution in [3.8, 4) is 0 Å². The summed E-state index contributed by atoms with van der Waals surface area (Å²) in [5.41, 5.74) is 1.35. The second-order valence-electron chi connectivity index (χ2n) is 8.95. The summed E-state index contributed by atoms with van der Waals surface area (Å²) >= 11 is 0. The van der Waals surface area contributed by atoms with Crippen LogP contribution in [0.4, 0.5) is 4.39 Å². The summed E-state index contributed by atoms with van der Waals surface area (Å²) in [6.07, 6.45) is 1.49. The van der Waals surface area contributed by atoms with E-state index in [0.29, 0.717) is 42.4 Å². The van der Waals surface area contributed by atoms with Crippen molar-refractivity contribution >= 4 is 16.7 Å². The molecular formula is C25H27FN4O2. The molecule has 5 rings (SSSR count). The molecule has 0 bridgehead atoms. The maximum atomic E-state index is 14.7. The second-order valence-corrected chi connectivity index (χ2v) is 8.95. The highest BCUT2D eigenvalue weighted by Gasteiger charge is 2.39. The highest BCUT2D eigenvalue weighted by atomic mass is 19.1. The fourth-order valence-corrected chi connectivity index (χ4v) is 5.21. The zero-order valence-electron chi connectivity index (χ0n) is 18.2. The molecule has 2 fully saturated rings. The number of aromatic nitrogens is 2. The zero-order valence-corrected chi connectivity index (χ0v) is 18.2. The van der Waals surface area contributed by atoms with Gasteiger partial charge in [0.25, 0.3) is 11.5 Å². The van der Waals surface area contributed by atoms with Crippen LogP contribution in [0.3, 0.4) is 0 Å². The number of carbonyl (C=O) groups is 1. The number of hydrogen-bond donors (Lipinski definition) is 1. The van der Waals surface area contributed by atoms with Gasteiger partial charge in [0.2, 0.25) is 0 Å². The van der Waals surface area contributed by atoms with E-state index < -0.39 is 5.82 Å². The largest absolute Gasteiger partial charge is 0.338 e. The molecule has 0 spiro atoms. The van der Waals surface area contributed by atoms with Crippen molar-refractivity contribution in [2.45, 2.75) is 19.8 Å². The van der Waals surface area contributed by atoms with Crippen LogP contribution < -0.4 is 5.56 Å². The SMILES string of the molecule is CCN1CCC2CN(C(=O)c3cc(Cc4n[nH]c(=O)c5ccccc45)ccc3F)CC2C1. The molecule has 6 nitrogen and oxygen atoms in total. The van der Waals surface area contributed by atoms with Gasteiger partial charge in [0.15, 0.2) is 0 Å². The van der Waals surface area contributed by atoms with E-state index in [1.807, 2.05) is 23.1 Å². The average molecular weight is 435 g/mol. The second kappa shape index (κ2) is 8.47. The summed E-state index contributed by atoms with van der Waals surface area (Å²) in [4.78, 5) is 29.5. The lowest BCUT2D eigenvalue weighted by atomic mass is 9.89. The van der Waals surface area contributed by atoms with Crippen LogP contribution in [0.2, 0.25) is 0 Å². The third-order valence-corrected chi connectivity index (χ3v) is 7.03. The van der Waals surface area contributed by atoms with Crippen LogP contribution in [0.15, 0.2) is 47.3 Å². The molecule has 2 aromatic carbocycles. The summed E-state index contributed by atoms with van der Waals surface area (Å²) in [6, 6.07) is 12.0. The van der Waals surface area contributed by atoms with E-state index in [2.05, 4.69) is 22.0 Å². The van der Waals surface area contributed by atoms with E-state index in [1.165, 1.54) is 6.07 Å². The van der Waals surface area contributed by atoms with Crippen molar-refractivity contribution in [2.24, 2.45) is 11.8 Å². The topological polar surface area (TPSA) is 69.3 Å². The van der Waals surface area contributed by atoms with Crippen molar-refractivity contribution < 1.29 is 9.18 Å². The molecule has 1 aromatic heterocycles. The van der Waals surface area contributed by atoms with Crippen LogP contribution >= 0.6 is 0 Å². The van der Waals surface area contributed by atoms with E-state index in [0.717, 1.165) is 37.0 Å². The summed E-state index contributed by atoms with van der Waals surface area (Å²) in [5.74, 6) is 0.240. The molecule has 2 aliphatic heterocycles. The number of benzene rings is 2. The number of hydrogen-bond acceptors (Lipinski definition) is 4. The van der Waals surface area contributed by atoms with Gasteiger partial charge in [-0.2, -0.15) is 5.10 Å². The van der Waals surface area contributed by atoms with Crippen LogP contribution in [-0.2, 0) is 6.42 Å².